The van der Waals surface area contributed by atoms with Crippen molar-refractivity contribution in [3.05, 3.63) is 59.2 Å². The van der Waals surface area contributed by atoms with Crippen LogP contribution >= 0.6 is 10.5 Å². The van der Waals surface area contributed by atoms with Crippen LogP contribution in [-0.2, 0) is 16.0 Å². The predicted octanol–water partition coefficient (Wildman–Crippen LogP) is 2.72. The molecule has 2 aromatic rings. The molecule has 0 fully saturated rings. The second-order valence-corrected chi connectivity index (χ2v) is 8.67. The lowest BCUT2D eigenvalue weighted by molar-refractivity contribution is -0.129. The normalized spacial score (nSPS) is 18.5. The van der Waals surface area contributed by atoms with Gasteiger partial charge in [-0.1, -0.05) is 35.7 Å². The fraction of sp³-hybridized carbons (Fsp3) is 0.238. The van der Waals surface area contributed by atoms with Crippen LogP contribution in [0.1, 0.15) is 28.4 Å². The standard InChI is InChI=1S/C21H22N2O4S/c1-13-4-6-15(7-5-13)10-19-21(26)23(12-20(25)22-27)17-9-8-16(14(2)24)11-18(17)28(19)3/h4-9,11,19,27H,3,10,12H2,1-2H3,(H,22,25). The van der Waals surface area contributed by atoms with Crippen molar-refractivity contribution < 1.29 is 19.6 Å². The van der Waals surface area contributed by atoms with Crippen LogP contribution in [0.5, 0.6) is 0 Å². The highest BCUT2D eigenvalue weighted by Crippen LogP contribution is 2.44. The number of benzene rings is 2. The number of carbonyl (C=O) groups is 3. The van der Waals surface area contributed by atoms with Crippen molar-refractivity contribution in [2.75, 3.05) is 11.4 Å². The van der Waals surface area contributed by atoms with E-state index in [0.29, 0.717) is 17.7 Å². The molecule has 0 aromatic heterocycles. The number of hydrogen-bond acceptors (Lipinski definition) is 4. The van der Waals surface area contributed by atoms with Gasteiger partial charge < -0.3 is 4.90 Å². The molecular weight excluding hydrogens is 376 g/mol. The van der Waals surface area contributed by atoms with Gasteiger partial charge in [0, 0.05) is 10.5 Å². The Balaban J connectivity index is 2.04. The number of fused-ring (bicyclic) bond motifs is 1. The number of aryl methyl sites for hydroxylation is 1. The van der Waals surface area contributed by atoms with E-state index < -0.39 is 21.6 Å². The molecule has 1 aliphatic heterocycles. The summed E-state index contributed by atoms with van der Waals surface area (Å²) in [5.74, 6) is 3.26. The van der Waals surface area contributed by atoms with Crippen LogP contribution in [0.4, 0.5) is 5.69 Å². The van der Waals surface area contributed by atoms with Crippen molar-refractivity contribution in [2.45, 2.75) is 30.4 Å². The summed E-state index contributed by atoms with van der Waals surface area (Å²) < 4.78 is 0. The Bertz CT molecular complexity index is 969. The van der Waals surface area contributed by atoms with Crippen LogP contribution in [0.25, 0.3) is 0 Å². The first-order valence-corrected chi connectivity index (χ1v) is 10.2. The van der Waals surface area contributed by atoms with Crippen molar-refractivity contribution in [1.82, 2.24) is 5.48 Å². The van der Waals surface area contributed by atoms with Gasteiger partial charge in [-0.05, 0) is 44.0 Å². The lowest BCUT2D eigenvalue weighted by Gasteiger charge is -2.36. The molecule has 2 aromatic carbocycles. The number of Topliss-reactive ketones (excluding diaryl/α,β-unsaturated/α-hetero) is 1. The number of amides is 2. The van der Waals surface area contributed by atoms with Crippen LogP contribution < -0.4 is 10.4 Å². The molecule has 146 valence electrons. The zero-order chi connectivity index (χ0) is 20.4. The number of ketones is 1. The minimum absolute atomic E-state index is 0.0774. The molecule has 0 saturated carbocycles. The minimum atomic E-state index is -0.691. The maximum absolute atomic E-state index is 13.2. The summed E-state index contributed by atoms with van der Waals surface area (Å²) in [4.78, 5) is 38.9. The maximum atomic E-state index is 13.2. The second-order valence-electron chi connectivity index (χ2n) is 6.81. The summed E-state index contributed by atoms with van der Waals surface area (Å²) in [6, 6.07) is 13.0. The SMILES string of the molecule is C=S1c2cc(C(C)=O)ccc2N(CC(=O)NO)C(=O)C1Cc1ccc(C)cc1. The summed E-state index contributed by atoms with van der Waals surface area (Å²) in [5, 5.41) is 8.45. The quantitative estimate of drug-likeness (QED) is 0.351. The average Bonchev–Trinajstić information content (AvgIpc) is 2.69. The fourth-order valence-electron chi connectivity index (χ4n) is 3.20. The molecule has 7 heteroatoms. The topological polar surface area (TPSA) is 86.7 Å². The molecule has 6 nitrogen and oxygen atoms in total. The van der Waals surface area contributed by atoms with Gasteiger partial charge in [0.05, 0.1) is 10.9 Å². The van der Waals surface area contributed by atoms with Crippen molar-refractivity contribution in [3.8, 4) is 0 Å². The second kappa shape index (κ2) is 8.08. The van der Waals surface area contributed by atoms with E-state index in [9.17, 15) is 14.4 Å². The van der Waals surface area contributed by atoms with Crippen LogP contribution in [-0.4, -0.2) is 40.5 Å². The Morgan fingerprint density at radius 1 is 1.21 bits per heavy atom. The van der Waals surface area contributed by atoms with E-state index in [-0.39, 0.29) is 18.2 Å². The number of hydrogen-bond donors (Lipinski definition) is 2. The van der Waals surface area contributed by atoms with Gasteiger partial charge >= 0.3 is 0 Å². The van der Waals surface area contributed by atoms with E-state index in [4.69, 9.17) is 5.21 Å². The first-order chi connectivity index (χ1) is 13.3. The van der Waals surface area contributed by atoms with Crippen molar-refractivity contribution in [3.63, 3.8) is 0 Å². The summed E-state index contributed by atoms with van der Waals surface area (Å²) in [5.41, 5.74) is 4.80. The molecule has 1 aliphatic rings. The highest BCUT2D eigenvalue weighted by Gasteiger charge is 2.36. The number of rotatable bonds is 5. The van der Waals surface area contributed by atoms with Gasteiger partial charge in [-0.3, -0.25) is 19.6 Å². The van der Waals surface area contributed by atoms with Gasteiger partial charge in [0.2, 0.25) is 5.91 Å². The Kier molecular flexibility index (Phi) is 5.76. The number of nitrogens with one attached hydrogen (secondary N) is 1. The lowest BCUT2D eigenvalue weighted by Crippen LogP contribution is -2.47. The van der Waals surface area contributed by atoms with Gasteiger partial charge in [-0.15, -0.1) is 10.5 Å². The van der Waals surface area contributed by atoms with Gasteiger partial charge in [-0.25, -0.2) is 5.48 Å². The van der Waals surface area contributed by atoms with Gasteiger partial charge in [0.1, 0.15) is 6.54 Å². The fourth-order valence-corrected chi connectivity index (χ4v) is 5.00. The summed E-state index contributed by atoms with van der Waals surface area (Å²) in [6.07, 6.45) is 0.479. The summed E-state index contributed by atoms with van der Waals surface area (Å²) in [7, 11) is -0.691. The van der Waals surface area contributed by atoms with Crippen LogP contribution in [0, 0.1) is 6.92 Å². The molecule has 0 bridgehead atoms. The third-order valence-corrected chi connectivity index (χ3v) is 6.74. The van der Waals surface area contributed by atoms with Gasteiger partial charge in [-0.2, -0.15) is 0 Å². The summed E-state index contributed by atoms with van der Waals surface area (Å²) in [6.45, 7) is 3.18. The minimum Gasteiger partial charge on any atom is -0.301 e. The predicted molar refractivity (Wildman–Crippen MR) is 110 cm³/mol. The first-order valence-electron chi connectivity index (χ1n) is 8.79. The molecule has 0 spiro atoms. The zero-order valence-electron chi connectivity index (χ0n) is 15.8. The van der Waals surface area contributed by atoms with E-state index in [1.807, 2.05) is 31.2 Å². The third-order valence-electron chi connectivity index (χ3n) is 4.79. The Morgan fingerprint density at radius 2 is 1.89 bits per heavy atom. The molecule has 0 saturated heterocycles. The Morgan fingerprint density at radius 3 is 2.50 bits per heavy atom. The highest BCUT2D eigenvalue weighted by molar-refractivity contribution is 8.15. The van der Waals surface area contributed by atoms with Gasteiger partial charge in [0.25, 0.3) is 5.91 Å². The molecule has 0 radical (unpaired) electrons. The molecule has 0 aliphatic carbocycles. The summed E-state index contributed by atoms with van der Waals surface area (Å²) >= 11 is 0. The lowest BCUT2D eigenvalue weighted by atomic mass is 10.1. The van der Waals surface area contributed by atoms with E-state index in [2.05, 4.69) is 5.87 Å². The van der Waals surface area contributed by atoms with E-state index in [1.165, 1.54) is 11.8 Å². The largest absolute Gasteiger partial charge is 0.301 e. The zero-order valence-corrected chi connectivity index (χ0v) is 16.6. The average molecular weight is 398 g/mol. The van der Waals surface area contributed by atoms with Crippen molar-refractivity contribution in [2.24, 2.45) is 0 Å². The molecule has 28 heavy (non-hydrogen) atoms. The highest BCUT2D eigenvalue weighted by atomic mass is 32.2. The molecule has 1 heterocycles. The maximum Gasteiger partial charge on any atom is 0.263 e. The van der Waals surface area contributed by atoms with Gasteiger partial charge in [0.15, 0.2) is 5.78 Å². The van der Waals surface area contributed by atoms with Crippen molar-refractivity contribution in [1.29, 1.82) is 0 Å². The molecule has 2 N–H and O–H groups in total. The van der Waals surface area contributed by atoms with Crippen LogP contribution in [0.3, 0.4) is 0 Å². The number of carbonyl (C=O) groups excluding carboxylic acids is 3. The Labute approximate surface area is 166 Å². The molecule has 2 amide bonds. The monoisotopic (exact) mass is 398 g/mol. The van der Waals surface area contributed by atoms with E-state index >= 15 is 0 Å². The third kappa shape index (κ3) is 3.90. The Hall–Kier alpha value is -2.77. The smallest absolute Gasteiger partial charge is 0.263 e. The van der Waals surface area contributed by atoms with E-state index in [1.54, 1.807) is 23.7 Å². The first kappa shape index (κ1) is 20.0. The van der Waals surface area contributed by atoms with Crippen LogP contribution in [0.15, 0.2) is 47.4 Å². The molecule has 2 atom stereocenters. The number of nitrogens with zero attached hydrogens (tertiary/aromatic N) is 1. The molecular formula is C21H22N2O4S. The van der Waals surface area contributed by atoms with Crippen LogP contribution in [0.2, 0.25) is 0 Å². The number of hydroxylamine groups is 1. The molecule has 2 unspecified atom stereocenters. The molecule has 3 rings (SSSR count). The van der Waals surface area contributed by atoms with E-state index in [0.717, 1.165) is 16.0 Å². The van der Waals surface area contributed by atoms with Crippen molar-refractivity contribution >= 4 is 39.6 Å². The number of anilines is 1.